The second kappa shape index (κ2) is 5.57. The lowest BCUT2D eigenvalue weighted by atomic mass is 10.6. The molecule has 0 fully saturated rings. The second-order valence-corrected chi connectivity index (χ2v) is 4.63. The van der Waals surface area contributed by atoms with Crippen LogP contribution in [0.5, 0.6) is 0 Å². The molecule has 0 aliphatic carbocycles. The van der Waals surface area contributed by atoms with Gasteiger partial charge in [-0.25, -0.2) is 0 Å². The van der Waals surface area contributed by atoms with Gasteiger partial charge in [-0.2, -0.15) is 0 Å². The van der Waals surface area contributed by atoms with Crippen LogP contribution in [0.1, 0.15) is 6.92 Å². The van der Waals surface area contributed by atoms with E-state index in [9.17, 15) is 4.79 Å². The molecule has 0 bridgehead atoms. The van der Waals surface area contributed by atoms with Gasteiger partial charge >= 0.3 is 0 Å². The summed E-state index contributed by atoms with van der Waals surface area (Å²) in [5, 5.41) is 0.216. The Kier molecular flexibility index (Phi) is 6.85. The van der Waals surface area contributed by atoms with Crippen LogP contribution in [0.25, 0.3) is 0 Å². The molecule has 0 aliphatic rings. The largest absolute Gasteiger partial charge is 0.870 e. The molecule has 68 valence electrons. The maximum Gasteiger partial charge on any atom is 0.186 e. The van der Waals surface area contributed by atoms with Crippen LogP contribution in [-0.4, -0.2) is 48.5 Å². The van der Waals surface area contributed by atoms with Gasteiger partial charge in [0.1, 0.15) is 0 Å². The minimum absolute atomic E-state index is 0. The first-order valence-electron chi connectivity index (χ1n) is 3.35. The minimum atomic E-state index is 0. The molecule has 0 aromatic heterocycles. The Labute approximate surface area is 72.7 Å². The van der Waals surface area contributed by atoms with Crippen molar-refractivity contribution in [2.24, 2.45) is 0 Å². The van der Waals surface area contributed by atoms with Crippen LogP contribution < -0.4 is 0 Å². The van der Waals surface area contributed by atoms with Crippen molar-refractivity contribution in [3.8, 4) is 0 Å². The highest BCUT2D eigenvalue weighted by Gasteiger charge is 2.06. The van der Waals surface area contributed by atoms with Gasteiger partial charge in [-0.05, 0) is 0 Å². The van der Waals surface area contributed by atoms with Crippen molar-refractivity contribution >= 4 is 16.9 Å². The average Bonchev–Trinajstić information content (AvgIpc) is 1.59. The number of rotatable bonds is 3. The van der Waals surface area contributed by atoms with Crippen molar-refractivity contribution in [2.75, 3.05) is 33.4 Å². The summed E-state index contributed by atoms with van der Waals surface area (Å²) in [5.74, 6) is 0.929. The lowest BCUT2D eigenvalue weighted by Gasteiger charge is -2.22. The normalized spacial score (nSPS) is 10.5. The first-order valence-corrected chi connectivity index (χ1v) is 4.34. The van der Waals surface area contributed by atoms with Crippen LogP contribution in [0, 0.1) is 0 Å². The number of hydrogen-bond donors (Lipinski definition) is 0. The molecule has 0 heterocycles. The van der Waals surface area contributed by atoms with Crippen LogP contribution in [0.3, 0.4) is 0 Å². The van der Waals surface area contributed by atoms with Crippen LogP contribution in [0.2, 0.25) is 0 Å². The quantitative estimate of drug-likeness (QED) is 0.602. The van der Waals surface area contributed by atoms with E-state index in [1.807, 2.05) is 0 Å². The maximum absolute atomic E-state index is 10.5. The van der Waals surface area contributed by atoms with Crippen LogP contribution in [-0.2, 0) is 4.79 Å². The van der Waals surface area contributed by atoms with E-state index in [0.717, 1.165) is 16.8 Å². The van der Waals surface area contributed by atoms with Gasteiger partial charge in [0.2, 0.25) is 0 Å². The summed E-state index contributed by atoms with van der Waals surface area (Å²) >= 11 is 1.40. The lowest BCUT2D eigenvalue weighted by Crippen LogP contribution is -2.36. The van der Waals surface area contributed by atoms with Crippen molar-refractivity contribution in [1.82, 2.24) is 0 Å². The van der Waals surface area contributed by atoms with Gasteiger partial charge in [-0.15, -0.1) is 0 Å². The molecule has 0 saturated carbocycles. The molecular formula is C7H17NO2S. The third-order valence-electron chi connectivity index (χ3n) is 1.07. The fourth-order valence-electron chi connectivity index (χ4n) is 0.463. The van der Waals surface area contributed by atoms with E-state index in [2.05, 4.69) is 21.1 Å². The van der Waals surface area contributed by atoms with E-state index in [0.29, 0.717) is 0 Å². The Bertz CT molecular complexity index is 120. The predicted octanol–water partition coefficient (Wildman–Crippen LogP) is 0.795. The highest BCUT2D eigenvalue weighted by Crippen LogP contribution is 2.02. The maximum atomic E-state index is 10.5. The van der Waals surface area contributed by atoms with E-state index in [1.165, 1.54) is 11.8 Å². The Morgan fingerprint density at radius 1 is 1.36 bits per heavy atom. The summed E-state index contributed by atoms with van der Waals surface area (Å²) in [6.07, 6.45) is 0. The first kappa shape index (κ1) is 13.5. The number of carbonyl (C=O) groups is 1. The Morgan fingerprint density at radius 3 is 2.09 bits per heavy atom. The van der Waals surface area contributed by atoms with E-state index in [1.54, 1.807) is 6.92 Å². The SMILES string of the molecule is CC(=O)SCC[N+](C)(C)C.[OH-]. The molecule has 0 aliphatic heterocycles. The molecule has 0 spiro atoms. The van der Waals surface area contributed by atoms with Crippen molar-refractivity contribution in [3.63, 3.8) is 0 Å². The summed E-state index contributed by atoms with van der Waals surface area (Å²) in [5.41, 5.74) is 0. The standard InChI is InChI=1S/C7H16NOS.H2O/c1-7(9)10-6-5-8(2,3)4;/h5-6H2,1-4H3;1H2/q+1;/p-1. The molecule has 11 heavy (non-hydrogen) atoms. The van der Waals surface area contributed by atoms with Gasteiger partial charge < -0.3 is 9.96 Å². The fourth-order valence-corrected chi connectivity index (χ4v) is 1.39. The van der Waals surface area contributed by atoms with E-state index < -0.39 is 0 Å². The molecule has 0 radical (unpaired) electrons. The van der Waals surface area contributed by atoms with Crippen molar-refractivity contribution in [2.45, 2.75) is 6.92 Å². The summed E-state index contributed by atoms with van der Waals surface area (Å²) in [6, 6.07) is 0. The van der Waals surface area contributed by atoms with Crippen LogP contribution in [0.15, 0.2) is 0 Å². The second-order valence-electron chi connectivity index (χ2n) is 3.35. The summed E-state index contributed by atoms with van der Waals surface area (Å²) < 4.78 is 0.931. The molecule has 0 aromatic rings. The van der Waals surface area contributed by atoms with Crippen molar-refractivity contribution in [1.29, 1.82) is 0 Å². The van der Waals surface area contributed by atoms with Gasteiger partial charge in [-0.1, -0.05) is 11.8 Å². The molecule has 4 heteroatoms. The van der Waals surface area contributed by atoms with Gasteiger partial charge in [0.25, 0.3) is 0 Å². The van der Waals surface area contributed by atoms with Gasteiger partial charge in [0, 0.05) is 6.92 Å². The lowest BCUT2D eigenvalue weighted by molar-refractivity contribution is -0.867. The van der Waals surface area contributed by atoms with Gasteiger partial charge in [-0.3, -0.25) is 4.79 Å². The van der Waals surface area contributed by atoms with E-state index in [4.69, 9.17) is 0 Å². The zero-order valence-electron chi connectivity index (χ0n) is 7.63. The van der Waals surface area contributed by atoms with Gasteiger partial charge in [0.05, 0.1) is 33.4 Å². The van der Waals surface area contributed by atoms with Crippen molar-refractivity contribution in [3.05, 3.63) is 0 Å². The molecular weight excluding hydrogens is 162 g/mol. The van der Waals surface area contributed by atoms with Crippen LogP contribution in [0.4, 0.5) is 0 Å². The zero-order chi connectivity index (χ0) is 8.20. The number of hydrogen-bond acceptors (Lipinski definition) is 3. The van der Waals surface area contributed by atoms with E-state index in [-0.39, 0.29) is 10.6 Å². The molecule has 1 N–H and O–H groups in total. The molecule has 0 unspecified atom stereocenters. The molecule has 0 saturated heterocycles. The predicted molar refractivity (Wildman–Crippen MR) is 48.0 cm³/mol. The average molecular weight is 179 g/mol. The smallest absolute Gasteiger partial charge is 0.186 e. The first-order chi connectivity index (χ1) is 4.42. The summed E-state index contributed by atoms with van der Waals surface area (Å²) in [7, 11) is 6.38. The molecule has 0 rings (SSSR count). The highest BCUT2D eigenvalue weighted by atomic mass is 32.2. The fraction of sp³-hybridized carbons (Fsp3) is 0.857. The molecule has 0 atom stereocenters. The third kappa shape index (κ3) is 13.0. The molecule has 0 amide bonds. The monoisotopic (exact) mass is 179 g/mol. The molecule has 0 aromatic carbocycles. The van der Waals surface area contributed by atoms with E-state index >= 15 is 0 Å². The molecule has 3 nitrogen and oxygen atoms in total. The Morgan fingerprint density at radius 2 is 1.82 bits per heavy atom. The Balaban J connectivity index is 0. The number of thioether (sulfide) groups is 1. The minimum Gasteiger partial charge on any atom is -0.870 e. The number of nitrogens with zero attached hydrogens (tertiary/aromatic N) is 1. The van der Waals surface area contributed by atoms with Crippen molar-refractivity contribution < 1.29 is 14.8 Å². The van der Waals surface area contributed by atoms with Crippen LogP contribution >= 0.6 is 11.8 Å². The third-order valence-corrected chi connectivity index (χ3v) is 1.86. The number of carbonyl (C=O) groups excluding carboxylic acids is 1. The Hall–Kier alpha value is -0.0600. The summed E-state index contributed by atoms with van der Waals surface area (Å²) in [4.78, 5) is 10.5. The zero-order valence-corrected chi connectivity index (χ0v) is 8.44. The number of quaternary nitrogens is 1. The summed E-state index contributed by atoms with van der Waals surface area (Å²) in [6.45, 7) is 2.66. The highest BCUT2D eigenvalue weighted by molar-refractivity contribution is 8.13. The van der Waals surface area contributed by atoms with Gasteiger partial charge in [0.15, 0.2) is 5.12 Å². The topological polar surface area (TPSA) is 47.1 Å².